The van der Waals surface area contributed by atoms with Gasteiger partial charge in [0.2, 0.25) is 0 Å². The topological polar surface area (TPSA) is 84.2 Å². The Morgan fingerprint density at radius 1 is 1.21 bits per heavy atom. The Morgan fingerprint density at radius 3 is 2.64 bits per heavy atom. The number of esters is 1. The number of allylic oxidation sites excluding steroid dienone is 1. The molecule has 0 aliphatic heterocycles. The second-order valence-electron chi connectivity index (χ2n) is 9.43. The second-order valence-corrected chi connectivity index (χ2v) is 10.5. The molecule has 0 spiro atoms. The number of carbonyl (C=O) groups excluding carboxylic acids is 3. The lowest BCUT2D eigenvalue weighted by Gasteiger charge is -2.62. The van der Waals surface area contributed by atoms with Gasteiger partial charge in [-0.05, 0) is 61.8 Å². The zero-order chi connectivity index (χ0) is 20.3. The maximum Gasteiger partial charge on any atom is 0.302 e. The third kappa shape index (κ3) is 2.41. The molecule has 5 nitrogen and oxygen atoms in total. The minimum atomic E-state index is -0.804. The van der Waals surface area contributed by atoms with E-state index in [9.17, 15) is 19.6 Å². The number of nitrogens with zero attached hydrogens (tertiary/aromatic N) is 1. The summed E-state index contributed by atoms with van der Waals surface area (Å²) < 4.78 is 4.83. The Morgan fingerprint density at radius 2 is 1.96 bits per heavy atom. The van der Waals surface area contributed by atoms with E-state index in [2.05, 4.69) is 19.2 Å². The number of ketones is 2. The number of fused-ring (bicyclic) bond motifs is 5. The molecule has 0 aromatic rings. The maximum atomic E-state index is 13.8. The van der Waals surface area contributed by atoms with Crippen LogP contribution < -0.4 is 0 Å². The normalized spacial score (nSPS) is 44.6. The Hall–Kier alpha value is -1.61. The third-order valence-electron chi connectivity index (χ3n) is 8.26. The molecule has 0 saturated heterocycles. The lowest BCUT2D eigenvalue weighted by atomic mass is 9.46. The van der Waals surface area contributed by atoms with Crippen LogP contribution in [-0.2, 0) is 19.1 Å². The van der Waals surface area contributed by atoms with Gasteiger partial charge in [0.25, 0.3) is 0 Å². The van der Waals surface area contributed by atoms with Crippen molar-refractivity contribution in [3.05, 3.63) is 11.6 Å². The maximum absolute atomic E-state index is 13.8. The van der Waals surface area contributed by atoms with Gasteiger partial charge in [0, 0.05) is 30.6 Å². The summed E-state index contributed by atoms with van der Waals surface area (Å²) in [6, 6.07) is 0. The molecule has 0 N–H and O–H groups in total. The lowest BCUT2D eigenvalue weighted by molar-refractivity contribution is -0.161. The molecule has 6 atom stereocenters. The number of hydrogen-bond acceptors (Lipinski definition) is 6. The van der Waals surface area contributed by atoms with Crippen molar-refractivity contribution in [2.24, 2.45) is 22.7 Å². The summed E-state index contributed by atoms with van der Waals surface area (Å²) in [5.74, 6) is 0.246. The lowest BCUT2D eigenvalue weighted by Crippen LogP contribution is -2.66. The van der Waals surface area contributed by atoms with Crippen LogP contribution in [0.25, 0.3) is 0 Å². The highest BCUT2D eigenvalue weighted by Gasteiger charge is 2.71. The average molecular weight is 402 g/mol. The molecule has 0 aromatic carbocycles. The Balaban J connectivity index is 1.82. The average Bonchev–Trinajstić information content (AvgIpc) is 2.92. The smallest absolute Gasteiger partial charge is 0.302 e. The quantitative estimate of drug-likeness (QED) is 0.514. The van der Waals surface area contributed by atoms with Gasteiger partial charge in [0.05, 0.1) is 0 Å². The fourth-order valence-corrected chi connectivity index (χ4v) is 8.20. The van der Waals surface area contributed by atoms with Crippen LogP contribution in [0, 0.1) is 33.3 Å². The summed E-state index contributed by atoms with van der Waals surface area (Å²) in [6.45, 7) is 5.62. The molecular formula is C22H27NO4S. The fraction of sp³-hybridized carbons (Fsp3) is 0.727. The number of Topliss-reactive ketones (excluding diaryl/α,β-unsaturated/α-hetero) is 1. The van der Waals surface area contributed by atoms with E-state index in [0.29, 0.717) is 19.3 Å². The zero-order valence-corrected chi connectivity index (χ0v) is 17.6. The number of thiocyanates is 1. The van der Waals surface area contributed by atoms with Crippen LogP contribution in [-0.4, -0.2) is 28.4 Å². The summed E-state index contributed by atoms with van der Waals surface area (Å²) in [6.07, 6.45) is 6.21. The first-order valence-corrected chi connectivity index (χ1v) is 11.0. The molecule has 0 aromatic heterocycles. The van der Waals surface area contributed by atoms with Gasteiger partial charge in [-0.2, -0.15) is 5.26 Å². The summed E-state index contributed by atoms with van der Waals surface area (Å²) >= 11 is 1.14. The zero-order valence-electron chi connectivity index (χ0n) is 16.7. The van der Waals surface area contributed by atoms with Crippen LogP contribution in [0.2, 0.25) is 0 Å². The molecule has 0 bridgehead atoms. The van der Waals surface area contributed by atoms with Crippen LogP contribution in [0.5, 0.6) is 0 Å². The highest BCUT2D eigenvalue weighted by molar-refractivity contribution is 8.05. The van der Waals surface area contributed by atoms with Crippen molar-refractivity contribution in [3.8, 4) is 5.40 Å². The van der Waals surface area contributed by atoms with E-state index in [1.807, 2.05) is 0 Å². The molecule has 6 unspecified atom stereocenters. The molecule has 4 rings (SSSR count). The predicted molar refractivity (Wildman–Crippen MR) is 105 cm³/mol. The van der Waals surface area contributed by atoms with Crippen molar-refractivity contribution in [2.75, 3.05) is 0 Å². The number of hydrogen-bond donors (Lipinski definition) is 0. The highest BCUT2D eigenvalue weighted by atomic mass is 32.2. The molecule has 3 fully saturated rings. The molecule has 4 aliphatic rings. The number of rotatable bonds is 2. The Bertz CT molecular complexity index is 829. The number of carbonyl (C=O) groups is 3. The van der Waals surface area contributed by atoms with Gasteiger partial charge in [-0.1, -0.05) is 19.4 Å². The van der Waals surface area contributed by atoms with Crippen LogP contribution >= 0.6 is 11.8 Å². The molecule has 28 heavy (non-hydrogen) atoms. The Labute approximate surface area is 170 Å². The van der Waals surface area contributed by atoms with Crippen molar-refractivity contribution in [2.45, 2.75) is 76.6 Å². The SMILES string of the molecule is CC(=O)OC1CCC2C3CCC4=CC(=O)CCC4(C)C3(SC#N)C(=O)CC12C. The summed E-state index contributed by atoms with van der Waals surface area (Å²) in [4.78, 5) is 37.5. The summed E-state index contributed by atoms with van der Waals surface area (Å²) in [5.41, 5.74) is 0.228. The largest absolute Gasteiger partial charge is 0.462 e. The van der Waals surface area contributed by atoms with E-state index in [-0.39, 0.29) is 40.9 Å². The van der Waals surface area contributed by atoms with Crippen LogP contribution in [0.1, 0.15) is 65.7 Å². The van der Waals surface area contributed by atoms with Gasteiger partial charge in [-0.25, -0.2) is 0 Å². The number of thioether (sulfide) groups is 1. The van der Waals surface area contributed by atoms with E-state index >= 15 is 0 Å². The molecule has 3 saturated carbocycles. The molecule has 0 heterocycles. The van der Waals surface area contributed by atoms with Gasteiger partial charge >= 0.3 is 5.97 Å². The molecule has 6 heteroatoms. The van der Waals surface area contributed by atoms with Crippen LogP contribution in [0.4, 0.5) is 0 Å². The fourth-order valence-electron chi connectivity index (χ4n) is 6.98. The first-order valence-electron chi connectivity index (χ1n) is 10.2. The van der Waals surface area contributed by atoms with Crippen molar-refractivity contribution in [3.63, 3.8) is 0 Å². The van der Waals surface area contributed by atoms with E-state index in [4.69, 9.17) is 4.74 Å². The van der Waals surface area contributed by atoms with Gasteiger partial charge in [0.1, 0.15) is 16.3 Å². The van der Waals surface area contributed by atoms with Crippen molar-refractivity contribution in [1.82, 2.24) is 0 Å². The monoisotopic (exact) mass is 401 g/mol. The van der Waals surface area contributed by atoms with E-state index in [1.54, 1.807) is 6.08 Å². The molecule has 0 amide bonds. The standard InChI is InChI=1S/C22H27NO4S/c1-13(24)27-19-7-6-16-17-5-4-14-10-15(25)8-9-21(14,3)22(17,28-12-23)18(26)11-20(16,19)2/h10,16-17,19H,4-9,11H2,1-3H3. The van der Waals surface area contributed by atoms with Crippen molar-refractivity contribution < 1.29 is 19.1 Å². The van der Waals surface area contributed by atoms with Gasteiger partial charge < -0.3 is 4.74 Å². The molecule has 150 valence electrons. The van der Waals surface area contributed by atoms with Crippen LogP contribution in [0.15, 0.2) is 11.6 Å². The minimum Gasteiger partial charge on any atom is -0.462 e. The van der Waals surface area contributed by atoms with Gasteiger partial charge in [-0.3, -0.25) is 14.4 Å². The molecular weight excluding hydrogens is 374 g/mol. The minimum absolute atomic E-state index is 0.0688. The highest BCUT2D eigenvalue weighted by Crippen LogP contribution is 2.70. The van der Waals surface area contributed by atoms with E-state index in [1.165, 1.54) is 6.92 Å². The van der Waals surface area contributed by atoms with Crippen LogP contribution in [0.3, 0.4) is 0 Å². The van der Waals surface area contributed by atoms with E-state index < -0.39 is 10.2 Å². The first-order chi connectivity index (χ1) is 13.2. The second kappa shape index (κ2) is 6.45. The van der Waals surface area contributed by atoms with Crippen molar-refractivity contribution >= 4 is 29.3 Å². The number of nitriles is 1. The number of ether oxygens (including phenoxy) is 1. The third-order valence-corrected chi connectivity index (χ3v) is 9.65. The molecule has 4 aliphatic carbocycles. The van der Waals surface area contributed by atoms with E-state index in [0.717, 1.165) is 43.0 Å². The van der Waals surface area contributed by atoms with Gasteiger partial charge in [-0.15, -0.1) is 0 Å². The summed E-state index contributed by atoms with van der Waals surface area (Å²) in [7, 11) is 0. The summed E-state index contributed by atoms with van der Waals surface area (Å²) in [5, 5.41) is 12.0. The first kappa shape index (κ1) is 19.7. The van der Waals surface area contributed by atoms with Crippen molar-refractivity contribution in [1.29, 1.82) is 5.26 Å². The Kier molecular flexibility index (Phi) is 4.54. The van der Waals surface area contributed by atoms with Gasteiger partial charge in [0.15, 0.2) is 11.6 Å². The predicted octanol–water partition coefficient (Wildman–Crippen LogP) is 3.97. The molecule has 0 radical (unpaired) electrons.